The second-order valence-electron chi connectivity index (χ2n) is 4.92. The van der Waals surface area contributed by atoms with E-state index in [0.717, 1.165) is 31.0 Å². The van der Waals surface area contributed by atoms with E-state index in [4.69, 9.17) is 4.74 Å². The average molecular weight is 307 g/mol. The van der Waals surface area contributed by atoms with Crippen molar-refractivity contribution in [2.45, 2.75) is 26.8 Å². The Morgan fingerprint density at radius 3 is 2.82 bits per heavy atom. The van der Waals surface area contributed by atoms with Crippen LogP contribution in [0, 0.1) is 5.82 Å². The van der Waals surface area contributed by atoms with Crippen molar-refractivity contribution in [1.29, 1.82) is 0 Å². The number of aliphatic imine (C=N–C) groups is 1. The van der Waals surface area contributed by atoms with Gasteiger partial charge in [0.1, 0.15) is 0 Å². The van der Waals surface area contributed by atoms with Gasteiger partial charge in [-0.1, -0.05) is 18.2 Å². The lowest BCUT2D eigenvalue weighted by atomic mass is 10.2. The van der Waals surface area contributed by atoms with Gasteiger partial charge < -0.3 is 15.0 Å². The standard InChI is InChI=1S/C17H26FN3O/c1-5-7-8-11-20-17(19-6-2)21(3)13-14-9-10-16(22-4)15(18)12-14/h5,7,9-10,12H,6,8,11,13H2,1-4H3,(H,19,20)/b7-5+. The summed E-state index contributed by atoms with van der Waals surface area (Å²) < 4.78 is 18.7. The van der Waals surface area contributed by atoms with Crippen LogP contribution in [0.3, 0.4) is 0 Å². The van der Waals surface area contributed by atoms with E-state index in [-0.39, 0.29) is 11.6 Å². The summed E-state index contributed by atoms with van der Waals surface area (Å²) in [6.07, 6.45) is 5.02. The Morgan fingerprint density at radius 2 is 2.23 bits per heavy atom. The summed E-state index contributed by atoms with van der Waals surface area (Å²) in [5.41, 5.74) is 0.875. The maximum Gasteiger partial charge on any atom is 0.193 e. The summed E-state index contributed by atoms with van der Waals surface area (Å²) in [5.74, 6) is 0.741. The molecular formula is C17H26FN3O. The number of nitrogens with zero attached hydrogens (tertiary/aromatic N) is 2. The number of rotatable bonds is 7. The molecule has 0 aliphatic rings. The molecule has 0 amide bonds. The molecule has 4 nitrogen and oxygen atoms in total. The number of hydrogen-bond donors (Lipinski definition) is 1. The van der Waals surface area contributed by atoms with E-state index < -0.39 is 0 Å². The molecule has 0 heterocycles. The lowest BCUT2D eigenvalue weighted by Crippen LogP contribution is -2.38. The molecule has 0 aliphatic heterocycles. The van der Waals surface area contributed by atoms with Crippen LogP contribution in [0.4, 0.5) is 4.39 Å². The van der Waals surface area contributed by atoms with Crippen LogP contribution >= 0.6 is 0 Å². The fraction of sp³-hybridized carbons (Fsp3) is 0.471. The van der Waals surface area contributed by atoms with Gasteiger partial charge in [-0.2, -0.15) is 0 Å². The van der Waals surface area contributed by atoms with E-state index in [9.17, 15) is 4.39 Å². The molecule has 0 radical (unpaired) electrons. The van der Waals surface area contributed by atoms with Gasteiger partial charge in [0, 0.05) is 26.7 Å². The zero-order valence-electron chi connectivity index (χ0n) is 13.9. The molecule has 122 valence electrons. The maximum absolute atomic E-state index is 13.7. The van der Waals surface area contributed by atoms with Crippen molar-refractivity contribution in [2.75, 3.05) is 27.2 Å². The van der Waals surface area contributed by atoms with Crippen LogP contribution in [0.15, 0.2) is 35.3 Å². The molecule has 0 aliphatic carbocycles. The van der Waals surface area contributed by atoms with Crippen LogP contribution in [-0.2, 0) is 6.54 Å². The first-order valence-electron chi connectivity index (χ1n) is 7.55. The monoisotopic (exact) mass is 307 g/mol. The predicted molar refractivity (Wildman–Crippen MR) is 89.8 cm³/mol. The van der Waals surface area contributed by atoms with Crippen LogP contribution < -0.4 is 10.1 Å². The zero-order valence-corrected chi connectivity index (χ0v) is 13.9. The van der Waals surface area contributed by atoms with Crippen LogP contribution in [0.2, 0.25) is 0 Å². The van der Waals surface area contributed by atoms with Crippen molar-refractivity contribution >= 4 is 5.96 Å². The first-order valence-corrected chi connectivity index (χ1v) is 7.55. The van der Waals surface area contributed by atoms with Gasteiger partial charge in [0.15, 0.2) is 17.5 Å². The van der Waals surface area contributed by atoms with E-state index in [1.807, 2.05) is 37.9 Å². The summed E-state index contributed by atoms with van der Waals surface area (Å²) in [6, 6.07) is 5.01. The van der Waals surface area contributed by atoms with Gasteiger partial charge in [-0.25, -0.2) is 4.39 Å². The summed E-state index contributed by atoms with van der Waals surface area (Å²) in [7, 11) is 3.41. The maximum atomic E-state index is 13.7. The quantitative estimate of drug-likeness (QED) is 0.364. The topological polar surface area (TPSA) is 36.9 Å². The molecular weight excluding hydrogens is 281 g/mol. The Labute approximate surface area is 132 Å². The zero-order chi connectivity index (χ0) is 16.4. The van der Waals surface area contributed by atoms with E-state index >= 15 is 0 Å². The SMILES string of the molecule is C/C=C/CCN=C(NCC)N(C)Cc1ccc(OC)c(F)c1. The third kappa shape index (κ3) is 5.76. The first kappa shape index (κ1) is 18.0. The average Bonchev–Trinajstić information content (AvgIpc) is 2.50. The summed E-state index contributed by atoms with van der Waals surface area (Å²) in [4.78, 5) is 6.55. The van der Waals surface area contributed by atoms with E-state index in [0.29, 0.717) is 6.54 Å². The molecule has 5 heteroatoms. The van der Waals surface area contributed by atoms with E-state index in [1.165, 1.54) is 13.2 Å². The third-order valence-corrected chi connectivity index (χ3v) is 3.13. The van der Waals surface area contributed by atoms with Crippen molar-refractivity contribution in [3.63, 3.8) is 0 Å². The predicted octanol–water partition coefficient (Wildman–Crippen LogP) is 3.20. The number of allylic oxidation sites excluding steroid dienone is 1. The van der Waals surface area contributed by atoms with Crippen LogP contribution in [0.25, 0.3) is 0 Å². The lowest BCUT2D eigenvalue weighted by molar-refractivity contribution is 0.385. The largest absolute Gasteiger partial charge is 0.494 e. The highest BCUT2D eigenvalue weighted by molar-refractivity contribution is 5.79. The molecule has 0 bridgehead atoms. The molecule has 0 unspecified atom stereocenters. The Balaban J connectivity index is 2.73. The minimum absolute atomic E-state index is 0.262. The Morgan fingerprint density at radius 1 is 1.45 bits per heavy atom. The van der Waals surface area contributed by atoms with Crippen molar-refractivity contribution < 1.29 is 9.13 Å². The van der Waals surface area contributed by atoms with Crippen molar-refractivity contribution in [2.24, 2.45) is 4.99 Å². The number of halogens is 1. The van der Waals surface area contributed by atoms with Gasteiger partial charge in [-0.3, -0.25) is 4.99 Å². The highest BCUT2D eigenvalue weighted by Gasteiger charge is 2.09. The molecule has 1 rings (SSSR count). The number of hydrogen-bond acceptors (Lipinski definition) is 2. The highest BCUT2D eigenvalue weighted by Crippen LogP contribution is 2.18. The number of guanidine groups is 1. The van der Waals surface area contributed by atoms with Gasteiger partial charge >= 0.3 is 0 Å². The molecule has 0 spiro atoms. The number of benzene rings is 1. The Kier molecular flexibility index (Phi) is 8.04. The van der Waals surface area contributed by atoms with Gasteiger partial charge in [0.25, 0.3) is 0 Å². The van der Waals surface area contributed by atoms with Gasteiger partial charge in [0.2, 0.25) is 0 Å². The minimum Gasteiger partial charge on any atom is -0.494 e. The van der Waals surface area contributed by atoms with Crippen molar-refractivity contribution in [1.82, 2.24) is 10.2 Å². The fourth-order valence-corrected chi connectivity index (χ4v) is 2.04. The molecule has 0 atom stereocenters. The fourth-order valence-electron chi connectivity index (χ4n) is 2.04. The van der Waals surface area contributed by atoms with E-state index in [2.05, 4.69) is 16.4 Å². The molecule has 0 saturated carbocycles. The van der Waals surface area contributed by atoms with Crippen LogP contribution in [-0.4, -0.2) is 38.1 Å². The van der Waals surface area contributed by atoms with Gasteiger partial charge in [-0.15, -0.1) is 0 Å². The Hall–Kier alpha value is -2.04. The Bertz CT molecular complexity index is 515. The molecule has 1 aromatic rings. The van der Waals surface area contributed by atoms with E-state index in [1.54, 1.807) is 6.07 Å². The third-order valence-electron chi connectivity index (χ3n) is 3.13. The molecule has 1 N–H and O–H groups in total. The van der Waals surface area contributed by atoms with Crippen molar-refractivity contribution in [3.8, 4) is 5.75 Å². The second-order valence-corrected chi connectivity index (χ2v) is 4.92. The van der Waals surface area contributed by atoms with Gasteiger partial charge in [-0.05, 0) is 38.0 Å². The van der Waals surface area contributed by atoms with Gasteiger partial charge in [0.05, 0.1) is 7.11 Å². The lowest BCUT2D eigenvalue weighted by Gasteiger charge is -2.22. The molecule has 1 aromatic carbocycles. The first-order chi connectivity index (χ1) is 10.6. The summed E-state index contributed by atoms with van der Waals surface area (Å²) in [6.45, 7) is 6.13. The summed E-state index contributed by atoms with van der Waals surface area (Å²) in [5, 5.41) is 3.25. The van der Waals surface area contributed by atoms with Crippen molar-refractivity contribution in [3.05, 3.63) is 41.7 Å². The minimum atomic E-state index is -0.344. The second kappa shape index (κ2) is 9.82. The smallest absolute Gasteiger partial charge is 0.193 e. The molecule has 0 fully saturated rings. The molecule has 22 heavy (non-hydrogen) atoms. The highest BCUT2D eigenvalue weighted by atomic mass is 19.1. The molecule has 0 saturated heterocycles. The van der Waals surface area contributed by atoms with Crippen LogP contribution in [0.5, 0.6) is 5.75 Å². The number of nitrogens with one attached hydrogen (secondary N) is 1. The summed E-state index contributed by atoms with van der Waals surface area (Å²) >= 11 is 0. The molecule has 0 aromatic heterocycles. The number of ether oxygens (including phenoxy) is 1. The number of methoxy groups -OCH3 is 1. The normalized spacial score (nSPS) is 11.8. The van der Waals surface area contributed by atoms with Crippen LogP contribution in [0.1, 0.15) is 25.8 Å².